The molecule has 158 valence electrons. The topological polar surface area (TPSA) is 59.0 Å². The molecule has 0 spiro atoms. The number of hydrogen-bond donors (Lipinski definition) is 2. The van der Waals surface area contributed by atoms with Crippen molar-refractivity contribution in [1.82, 2.24) is 20.4 Å². The highest BCUT2D eigenvalue weighted by Gasteiger charge is 2.35. The highest BCUT2D eigenvalue weighted by Crippen LogP contribution is 2.40. The molecule has 2 aromatic rings. The molecule has 2 aliphatic rings. The molecule has 29 heavy (non-hydrogen) atoms. The van der Waals surface area contributed by atoms with Crippen molar-refractivity contribution in [2.24, 2.45) is 0 Å². The Labute approximate surface area is 177 Å². The van der Waals surface area contributed by atoms with E-state index in [1.807, 2.05) is 24.4 Å². The quantitative estimate of drug-likeness (QED) is 0.751. The summed E-state index contributed by atoms with van der Waals surface area (Å²) in [5, 5.41) is 11.1. The molecule has 5 nitrogen and oxygen atoms in total. The van der Waals surface area contributed by atoms with Gasteiger partial charge in [-0.15, -0.1) is 12.4 Å². The lowest BCUT2D eigenvalue weighted by Gasteiger charge is -2.30. The molecule has 2 fully saturated rings. The lowest BCUT2D eigenvalue weighted by Crippen LogP contribution is -2.40. The Morgan fingerprint density at radius 2 is 1.97 bits per heavy atom. The van der Waals surface area contributed by atoms with Crippen LogP contribution in [-0.4, -0.2) is 35.3 Å². The molecule has 1 aromatic carbocycles. The van der Waals surface area contributed by atoms with Gasteiger partial charge in [-0.2, -0.15) is 5.10 Å². The molecule has 7 heteroatoms. The predicted molar refractivity (Wildman–Crippen MR) is 114 cm³/mol. The number of nitrogens with one attached hydrogen (secondary N) is 2. The third kappa shape index (κ3) is 5.17. The van der Waals surface area contributed by atoms with Crippen molar-refractivity contribution in [1.29, 1.82) is 0 Å². The van der Waals surface area contributed by atoms with E-state index >= 15 is 0 Å². The van der Waals surface area contributed by atoms with E-state index in [-0.39, 0.29) is 36.1 Å². The summed E-state index contributed by atoms with van der Waals surface area (Å²) in [4.78, 5) is 12.5. The molecule has 1 atom stereocenters. The monoisotopic (exact) mass is 420 g/mol. The van der Waals surface area contributed by atoms with Crippen LogP contribution in [-0.2, 0) is 16.8 Å². The molecule has 1 saturated carbocycles. The van der Waals surface area contributed by atoms with E-state index in [2.05, 4.69) is 15.7 Å². The minimum atomic E-state index is -0.219. The van der Waals surface area contributed by atoms with Gasteiger partial charge < -0.3 is 10.6 Å². The van der Waals surface area contributed by atoms with E-state index in [0.29, 0.717) is 12.5 Å². The molecule has 0 bridgehead atoms. The van der Waals surface area contributed by atoms with Gasteiger partial charge >= 0.3 is 0 Å². The molecule has 0 radical (unpaired) electrons. The van der Waals surface area contributed by atoms with Crippen LogP contribution in [0.15, 0.2) is 36.5 Å². The normalized spacial score (nSPS) is 20.8. The SMILES string of the molecule is Cl.O=C(Cn1ccc(C2CCCNC2)n1)NCC1(c2ccc(F)cc2)CCCC1. The first kappa shape index (κ1) is 21.8. The van der Waals surface area contributed by atoms with Crippen LogP contribution in [0.3, 0.4) is 0 Å². The molecule has 1 aliphatic carbocycles. The van der Waals surface area contributed by atoms with Gasteiger partial charge in [0.15, 0.2) is 0 Å². The highest BCUT2D eigenvalue weighted by molar-refractivity contribution is 5.85. The fourth-order valence-electron chi connectivity index (χ4n) is 4.68. The summed E-state index contributed by atoms with van der Waals surface area (Å²) >= 11 is 0. The number of hydrogen-bond acceptors (Lipinski definition) is 3. The minimum Gasteiger partial charge on any atom is -0.354 e. The van der Waals surface area contributed by atoms with Crippen molar-refractivity contribution >= 4 is 18.3 Å². The average Bonchev–Trinajstić information content (AvgIpc) is 3.38. The van der Waals surface area contributed by atoms with Gasteiger partial charge in [-0.3, -0.25) is 9.48 Å². The average molecular weight is 421 g/mol. The Hall–Kier alpha value is -1.92. The number of amides is 1. The van der Waals surface area contributed by atoms with Gasteiger partial charge in [0.25, 0.3) is 0 Å². The molecule has 1 amide bonds. The van der Waals surface area contributed by atoms with Crippen LogP contribution in [0.2, 0.25) is 0 Å². The van der Waals surface area contributed by atoms with Crippen molar-refractivity contribution in [2.75, 3.05) is 19.6 Å². The summed E-state index contributed by atoms with van der Waals surface area (Å²) in [6, 6.07) is 8.79. The van der Waals surface area contributed by atoms with Gasteiger partial charge in [0.05, 0.1) is 5.69 Å². The van der Waals surface area contributed by atoms with Gasteiger partial charge in [0.2, 0.25) is 5.91 Å². The molecular weight excluding hydrogens is 391 g/mol. The Balaban J connectivity index is 0.00000240. The van der Waals surface area contributed by atoms with Crippen LogP contribution in [0.5, 0.6) is 0 Å². The molecule has 4 rings (SSSR count). The number of carbonyl (C=O) groups is 1. The summed E-state index contributed by atoms with van der Waals surface area (Å²) in [6.07, 6.45) is 8.56. The molecule has 1 aromatic heterocycles. The van der Waals surface area contributed by atoms with E-state index in [1.54, 1.807) is 4.68 Å². The Kier molecular flexibility index (Phi) is 7.30. The molecule has 1 saturated heterocycles. The van der Waals surface area contributed by atoms with Gasteiger partial charge in [0, 0.05) is 30.6 Å². The van der Waals surface area contributed by atoms with E-state index < -0.39 is 0 Å². The van der Waals surface area contributed by atoms with Crippen LogP contribution in [0.25, 0.3) is 0 Å². The van der Waals surface area contributed by atoms with Crippen molar-refractivity contribution in [3.63, 3.8) is 0 Å². The Bertz CT molecular complexity index is 795. The molecule has 1 aliphatic heterocycles. The van der Waals surface area contributed by atoms with Crippen LogP contribution in [0.4, 0.5) is 4.39 Å². The van der Waals surface area contributed by atoms with Gasteiger partial charge in [-0.1, -0.05) is 25.0 Å². The van der Waals surface area contributed by atoms with Crippen LogP contribution >= 0.6 is 12.4 Å². The van der Waals surface area contributed by atoms with E-state index in [4.69, 9.17) is 0 Å². The maximum absolute atomic E-state index is 13.3. The number of halogens is 2. The second kappa shape index (κ2) is 9.72. The molecule has 2 heterocycles. The number of benzene rings is 1. The van der Waals surface area contributed by atoms with Crippen molar-refractivity contribution in [3.8, 4) is 0 Å². The van der Waals surface area contributed by atoms with Gasteiger partial charge in [-0.25, -0.2) is 4.39 Å². The third-order valence-corrected chi connectivity index (χ3v) is 6.32. The van der Waals surface area contributed by atoms with E-state index in [1.165, 1.54) is 18.6 Å². The van der Waals surface area contributed by atoms with E-state index in [0.717, 1.165) is 56.5 Å². The van der Waals surface area contributed by atoms with Crippen molar-refractivity contribution in [3.05, 3.63) is 53.6 Å². The second-order valence-corrected chi connectivity index (χ2v) is 8.25. The fourth-order valence-corrected chi connectivity index (χ4v) is 4.68. The number of carbonyl (C=O) groups excluding carboxylic acids is 1. The van der Waals surface area contributed by atoms with Crippen LogP contribution in [0, 0.1) is 5.82 Å². The summed E-state index contributed by atoms with van der Waals surface area (Å²) < 4.78 is 15.0. The lowest BCUT2D eigenvalue weighted by atomic mass is 9.79. The summed E-state index contributed by atoms with van der Waals surface area (Å²) in [5.41, 5.74) is 2.11. The molecular formula is C22H30ClFN4O. The minimum absolute atomic E-state index is 0. The zero-order chi connectivity index (χ0) is 19.4. The fraction of sp³-hybridized carbons (Fsp3) is 0.545. The summed E-state index contributed by atoms with van der Waals surface area (Å²) in [5.74, 6) is 0.201. The first-order valence-corrected chi connectivity index (χ1v) is 10.4. The standard InChI is InChI=1S/C22H29FN4O.ClH/c23-19-7-5-18(6-8-19)22(10-1-2-11-22)16-25-21(28)15-27-13-9-20(26-27)17-4-3-12-24-14-17;/h5-9,13,17,24H,1-4,10-12,14-16H2,(H,25,28);1H. The summed E-state index contributed by atoms with van der Waals surface area (Å²) in [7, 11) is 0. The van der Waals surface area contributed by atoms with E-state index in [9.17, 15) is 9.18 Å². The smallest absolute Gasteiger partial charge is 0.241 e. The molecule has 1 unspecified atom stereocenters. The largest absolute Gasteiger partial charge is 0.354 e. The number of nitrogens with zero attached hydrogens (tertiary/aromatic N) is 2. The zero-order valence-electron chi connectivity index (χ0n) is 16.7. The third-order valence-electron chi connectivity index (χ3n) is 6.32. The Morgan fingerprint density at radius 1 is 1.21 bits per heavy atom. The number of piperidine rings is 1. The lowest BCUT2D eigenvalue weighted by molar-refractivity contribution is -0.122. The predicted octanol–water partition coefficient (Wildman–Crippen LogP) is 3.54. The first-order valence-electron chi connectivity index (χ1n) is 10.4. The molecule has 2 N–H and O–H groups in total. The zero-order valence-corrected chi connectivity index (χ0v) is 17.5. The van der Waals surface area contributed by atoms with Crippen LogP contribution < -0.4 is 10.6 Å². The second-order valence-electron chi connectivity index (χ2n) is 8.25. The van der Waals surface area contributed by atoms with Crippen LogP contribution in [0.1, 0.15) is 55.7 Å². The first-order chi connectivity index (χ1) is 13.6. The van der Waals surface area contributed by atoms with Crippen molar-refractivity contribution in [2.45, 2.75) is 56.4 Å². The number of aromatic nitrogens is 2. The van der Waals surface area contributed by atoms with Crippen molar-refractivity contribution < 1.29 is 9.18 Å². The van der Waals surface area contributed by atoms with Gasteiger partial charge in [0.1, 0.15) is 12.4 Å². The maximum Gasteiger partial charge on any atom is 0.241 e. The highest BCUT2D eigenvalue weighted by atomic mass is 35.5. The summed E-state index contributed by atoms with van der Waals surface area (Å²) in [6.45, 7) is 2.87. The Morgan fingerprint density at radius 3 is 2.66 bits per heavy atom. The number of rotatable bonds is 6. The van der Waals surface area contributed by atoms with Gasteiger partial charge in [-0.05, 0) is 56.0 Å². The maximum atomic E-state index is 13.3.